The third-order valence-corrected chi connectivity index (χ3v) is 6.05. The molecule has 1 aromatic carbocycles. The number of ether oxygens (including phenoxy) is 3. The molecule has 3 heterocycles. The maximum Gasteiger partial charge on any atom is 0.269 e. The number of hydrogen-bond acceptors (Lipinski definition) is 8. The highest BCUT2D eigenvalue weighted by Gasteiger charge is 2.32. The lowest BCUT2D eigenvalue weighted by Crippen LogP contribution is -2.31. The monoisotopic (exact) mass is 469 g/mol. The number of thiocarbonyl (C=S) groups is 1. The molecular weight excluding hydrogens is 450 g/mol. The number of aromatic nitrogens is 2. The van der Waals surface area contributed by atoms with Crippen LogP contribution in [0, 0.1) is 0 Å². The van der Waals surface area contributed by atoms with Crippen molar-refractivity contribution in [2.24, 2.45) is 0 Å². The Balaban J connectivity index is 1.78. The second kappa shape index (κ2) is 9.51. The number of thioether (sulfide) groups is 1. The predicted molar refractivity (Wildman–Crippen MR) is 126 cm³/mol. The minimum absolute atomic E-state index is 0.0912. The van der Waals surface area contributed by atoms with E-state index in [-0.39, 0.29) is 22.9 Å². The first-order valence-corrected chi connectivity index (χ1v) is 10.8. The lowest BCUT2D eigenvalue weighted by molar-refractivity contribution is -0.122. The quantitative estimate of drug-likeness (QED) is 0.385. The van der Waals surface area contributed by atoms with Crippen LogP contribution in [0.25, 0.3) is 11.7 Å². The van der Waals surface area contributed by atoms with Crippen LogP contribution in [0.4, 0.5) is 0 Å². The van der Waals surface area contributed by atoms with Crippen LogP contribution in [-0.4, -0.2) is 51.9 Å². The third kappa shape index (κ3) is 4.38. The van der Waals surface area contributed by atoms with E-state index >= 15 is 0 Å². The molecule has 4 rings (SSSR count). The fourth-order valence-corrected chi connectivity index (χ4v) is 4.34. The molecule has 1 saturated heterocycles. The highest BCUT2D eigenvalue weighted by molar-refractivity contribution is 8.26. The van der Waals surface area contributed by atoms with Gasteiger partial charge in [0.25, 0.3) is 11.5 Å². The van der Waals surface area contributed by atoms with Gasteiger partial charge < -0.3 is 14.2 Å². The summed E-state index contributed by atoms with van der Waals surface area (Å²) in [5.74, 6) is 0.947. The molecule has 0 saturated carbocycles. The van der Waals surface area contributed by atoms with Crippen molar-refractivity contribution in [2.75, 3.05) is 27.4 Å². The number of nitrogens with zero attached hydrogens (tertiary/aromatic N) is 3. The standard InChI is InChI=1S/C22H19N3O5S2/c1-28-12-11-25-21(27)17(32-22(25)31)13-16-19(30-15-8-6-14(29-2)7-9-15)23-18-5-3-4-10-24(18)20(16)26/h3-10,13H,11-12H2,1-2H3. The summed E-state index contributed by atoms with van der Waals surface area (Å²) in [5.41, 5.74) is 0.212. The fraction of sp³-hybridized carbons (Fsp3) is 0.182. The normalized spacial score (nSPS) is 15.1. The second-order valence-electron chi connectivity index (χ2n) is 6.67. The lowest BCUT2D eigenvalue weighted by Gasteiger charge is -2.13. The molecule has 0 unspecified atom stereocenters. The number of carbonyl (C=O) groups excluding carboxylic acids is 1. The Morgan fingerprint density at radius 2 is 1.84 bits per heavy atom. The molecule has 1 fully saturated rings. The van der Waals surface area contributed by atoms with Crippen LogP contribution < -0.4 is 15.0 Å². The fourth-order valence-electron chi connectivity index (χ4n) is 3.05. The molecule has 32 heavy (non-hydrogen) atoms. The van der Waals surface area contributed by atoms with Crippen molar-refractivity contribution < 1.29 is 19.0 Å². The second-order valence-corrected chi connectivity index (χ2v) is 8.34. The molecule has 3 aromatic rings. The van der Waals surface area contributed by atoms with E-state index in [9.17, 15) is 9.59 Å². The molecule has 2 aromatic heterocycles. The minimum atomic E-state index is -0.360. The van der Waals surface area contributed by atoms with Gasteiger partial charge in [-0.05, 0) is 42.5 Å². The van der Waals surface area contributed by atoms with Gasteiger partial charge in [-0.3, -0.25) is 18.9 Å². The minimum Gasteiger partial charge on any atom is -0.497 e. The molecule has 0 spiro atoms. The number of carbonyl (C=O) groups is 1. The highest BCUT2D eigenvalue weighted by atomic mass is 32.2. The van der Waals surface area contributed by atoms with Crippen LogP contribution >= 0.6 is 24.0 Å². The number of amides is 1. The summed E-state index contributed by atoms with van der Waals surface area (Å²) in [4.78, 5) is 32.4. The zero-order chi connectivity index (χ0) is 22.7. The van der Waals surface area contributed by atoms with E-state index in [4.69, 9.17) is 26.4 Å². The van der Waals surface area contributed by atoms with Gasteiger partial charge in [0, 0.05) is 13.3 Å². The number of hydrogen-bond donors (Lipinski definition) is 0. The SMILES string of the molecule is COCCN1C(=O)C(=Cc2c(Oc3ccc(OC)cc3)nc3ccccn3c2=O)SC1=S. The van der Waals surface area contributed by atoms with E-state index in [2.05, 4.69) is 4.98 Å². The molecule has 0 N–H and O–H groups in total. The van der Waals surface area contributed by atoms with Gasteiger partial charge >= 0.3 is 0 Å². The number of methoxy groups -OCH3 is 2. The predicted octanol–water partition coefficient (Wildman–Crippen LogP) is 3.34. The van der Waals surface area contributed by atoms with Crippen molar-refractivity contribution >= 4 is 45.9 Å². The van der Waals surface area contributed by atoms with E-state index in [1.807, 2.05) is 0 Å². The van der Waals surface area contributed by atoms with Crippen molar-refractivity contribution in [3.63, 3.8) is 0 Å². The Labute approximate surface area is 193 Å². The molecule has 1 aliphatic rings. The molecule has 164 valence electrons. The third-order valence-electron chi connectivity index (χ3n) is 4.68. The average Bonchev–Trinajstić information content (AvgIpc) is 3.07. The zero-order valence-corrected chi connectivity index (χ0v) is 18.9. The highest BCUT2D eigenvalue weighted by Crippen LogP contribution is 2.34. The molecule has 0 radical (unpaired) electrons. The maximum absolute atomic E-state index is 13.3. The van der Waals surface area contributed by atoms with Crippen LogP contribution in [0.2, 0.25) is 0 Å². The summed E-state index contributed by atoms with van der Waals surface area (Å²) >= 11 is 6.45. The number of benzene rings is 1. The first kappa shape index (κ1) is 22.0. The molecule has 1 aliphatic heterocycles. The van der Waals surface area contributed by atoms with E-state index in [0.29, 0.717) is 39.5 Å². The van der Waals surface area contributed by atoms with Crippen LogP contribution in [0.5, 0.6) is 17.4 Å². The molecule has 8 nitrogen and oxygen atoms in total. The molecule has 0 atom stereocenters. The van der Waals surface area contributed by atoms with Crippen LogP contribution in [0.15, 0.2) is 58.4 Å². The zero-order valence-electron chi connectivity index (χ0n) is 17.3. The molecule has 0 aliphatic carbocycles. The van der Waals surface area contributed by atoms with E-state index in [1.54, 1.807) is 62.9 Å². The van der Waals surface area contributed by atoms with Gasteiger partial charge in [0.15, 0.2) is 0 Å². The maximum atomic E-state index is 13.3. The van der Waals surface area contributed by atoms with Crippen molar-refractivity contribution in [3.8, 4) is 17.4 Å². The van der Waals surface area contributed by atoms with Crippen molar-refractivity contribution in [1.29, 1.82) is 0 Å². The largest absolute Gasteiger partial charge is 0.497 e. The Morgan fingerprint density at radius 3 is 2.56 bits per heavy atom. The van der Waals surface area contributed by atoms with E-state index in [0.717, 1.165) is 11.8 Å². The van der Waals surface area contributed by atoms with Gasteiger partial charge in [-0.15, -0.1) is 0 Å². The first-order chi connectivity index (χ1) is 15.5. The number of fused-ring (bicyclic) bond motifs is 1. The first-order valence-electron chi connectivity index (χ1n) is 9.59. The lowest BCUT2D eigenvalue weighted by atomic mass is 10.2. The smallest absolute Gasteiger partial charge is 0.269 e. The Bertz CT molecular complexity index is 1270. The van der Waals surface area contributed by atoms with Crippen molar-refractivity contribution in [3.05, 3.63) is 69.5 Å². The molecule has 1 amide bonds. The van der Waals surface area contributed by atoms with Crippen molar-refractivity contribution in [2.45, 2.75) is 0 Å². The summed E-state index contributed by atoms with van der Waals surface area (Å²) in [6.07, 6.45) is 3.10. The summed E-state index contributed by atoms with van der Waals surface area (Å²) in [7, 11) is 3.13. The van der Waals surface area contributed by atoms with E-state index in [1.165, 1.54) is 15.4 Å². The Hall–Kier alpha value is -3.21. The van der Waals surface area contributed by atoms with Crippen LogP contribution in [0.3, 0.4) is 0 Å². The van der Waals surface area contributed by atoms with Crippen LogP contribution in [-0.2, 0) is 9.53 Å². The van der Waals surface area contributed by atoms with Gasteiger partial charge in [0.1, 0.15) is 27.0 Å². The number of pyridine rings is 1. The van der Waals surface area contributed by atoms with Gasteiger partial charge in [0.2, 0.25) is 5.88 Å². The summed E-state index contributed by atoms with van der Waals surface area (Å²) < 4.78 is 18.0. The van der Waals surface area contributed by atoms with Crippen LogP contribution in [0.1, 0.15) is 5.56 Å². The van der Waals surface area contributed by atoms with Gasteiger partial charge in [-0.2, -0.15) is 4.98 Å². The number of rotatable bonds is 7. The van der Waals surface area contributed by atoms with Crippen molar-refractivity contribution in [1.82, 2.24) is 14.3 Å². The topological polar surface area (TPSA) is 82.4 Å². The molecule has 0 bridgehead atoms. The average molecular weight is 470 g/mol. The molecular formula is C22H19N3O5S2. The van der Waals surface area contributed by atoms with Gasteiger partial charge in [0.05, 0.1) is 25.2 Å². The molecule has 10 heteroatoms. The summed E-state index contributed by atoms with van der Waals surface area (Å²) in [6, 6.07) is 12.1. The Morgan fingerprint density at radius 1 is 1.09 bits per heavy atom. The summed E-state index contributed by atoms with van der Waals surface area (Å²) in [5, 5.41) is 0. The Kier molecular flexibility index (Phi) is 6.54. The van der Waals surface area contributed by atoms with E-state index < -0.39 is 0 Å². The summed E-state index contributed by atoms with van der Waals surface area (Å²) in [6.45, 7) is 0.689. The van der Waals surface area contributed by atoms with Gasteiger partial charge in [-0.1, -0.05) is 30.0 Å². The van der Waals surface area contributed by atoms with Gasteiger partial charge in [-0.25, -0.2) is 0 Å².